The molecule has 22 heavy (non-hydrogen) atoms. The number of nitrogens with two attached hydrogens (primary N) is 1. The quantitative estimate of drug-likeness (QED) is 0.878. The van der Waals surface area contributed by atoms with Crippen LogP contribution in [0.5, 0.6) is 0 Å². The summed E-state index contributed by atoms with van der Waals surface area (Å²) in [5, 5.41) is 3.54. The number of para-hydroxylation sites is 1. The maximum Gasteiger partial charge on any atom is 0.134 e. The highest BCUT2D eigenvalue weighted by Gasteiger charge is 2.46. The third-order valence-electron chi connectivity index (χ3n) is 5.66. The van der Waals surface area contributed by atoms with Gasteiger partial charge in [-0.3, -0.25) is 0 Å². The summed E-state index contributed by atoms with van der Waals surface area (Å²) in [6.45, 7) is 2.46. The number of anilines is 1. The van der Waals surface area contributed by atoms with E-state index in [0.29, 0.717) is 11.3 Å². The molecule has 3 N–H and O–H groups in total. The Hall–Kier alpha value is -1.48. The fourth-order valence-electron chi connectivity index (χ4n) is 4.60. The molecule has 0 amide bonds. The summed E-state index contributed by atoms with van der Waals surface area (Å²) in [7, 11) is 1.78. The van der Waals surface area contributed by atoms with E-state index >= 15 is 0 Å². The van der Waals surface area contributed by atoms with Crippen molar-refractivity contribution in [2.24, 2.45) is 17.1 Å². The maximum atomic E-state index is 5.77. The predicted molar refractivity (Wildman–Crippen MR) is 91.6 cm³/mol. The third-order valence-corrected chi connectivity index (χ3v) is 5.66. The van der Waals surface area contributed by atoms with Gasteiger partial charge in [-0.15, -0.1) is 0 Å². The van der Waals surface area contributed by atoms with E-state index in [1.54, 1.807) is 13.3 Å². The van der Waals surface area contributed by atoms with Crippen molar-refractivity contribution in [2.75, 3.05) is 12.4 Å². The van der Waals surface area contributed by atoms with Crippen LogP contribution in [0.1, 0.15) is 50.5 Å². The second kappa shape index (κ2) is 6.33. The molecule has 1 aromatic carbocycles. The minimum absolute atomic E-state index is 0.0153. The van der Waals surface area contributed by atoms with Crippen LogP contribution in [-0.2, 0) is 4.74 Å². The smallest absolute Gasteiger partial charge is 0.134 e. The van der Waals surface area contributed by atoms with E-state index in [9.17, 15) is 0 Å². The fraction of sp³-hybridized carbons (Fsp3) is 0.579. The van der Waals surface area contributed by atoms with Gasteiger partial charge in [0.25, 0.3) is 0 Å². The molecule has 3 rings (SSSR count). The van der Waals surface area contributed by atoms with Gasteiger partial charge < -0.3 is 15.8 Å². The first kappa shape index (κ1) is 15.4. The zero-order valence-corrected chi connectivity index (χ0v) is 13.7. The zero-order chi connectivity index (χ0) is 15.6. The van der Waals surface area contributed by atoms with Gasteiger partial charge in [-0.05, 0) is 36.1 Å². The summed E-state index contributed by atoms with van der Waals surface area (Å²) in [6, 6.07) is 8.69. The highest BCUT2D eigenvalue weighted by Crippen LogP contribution is 2.55. The van der Waals surface area contributed by atoms with Crippen LogP contribution in [-0.4, -0.2) is 13.3 Å². The average molecular weight is 300 g/mol. The topological polar surface area (TPSA) is 47.3 Å². The normalized spacial score (nSPS) is 30.7. The van der Waals surface area contributed by atoms with Crippen LogP contribution >= 0.6 is 0 Å². The van der Waals surface area contributed by atoms with Crippen molar-refractivity contribution in [3.63, 3.8) is 0 Å². The maximum absolute atomic E-state index is 5.77. The Morgan fingerprint density at radius 3 is 2.64 bits per heavy atom. The predicted octanol–water partition coefficient (Wildman–Crippen LogP) is 4.23. The van der Waals surface area contributed by atoms with E-state index < -0.39 is 0 Å². The number of benzene rings is 1. The molecule has 0 unspecified atom stereocenters. The van der Waals surface area contributed by atoms with Crippen molar-refractivity contribution >= 4 is 5.69 Å². The van der Waals surface area contributed by atoms with Crippen LogP contribution < -0.4 is 11.1 Å². The van der Waals surface area contributed by atoms with Gasteiger partial charge in [0.1, 0.15) is 6.23 Å². The molecular formula is C19H28N2O. The highest BCUT2D eigenvalue weighted by molar-refractivity contribution is 5.57. The third kappa shape index (κ3) is 2.63. The lowest BCUT2D eigenvalue weighted by molar-refractivity contribution is 0.0354. The monoisotopic (exact) mass is 300 g/mol. The van der Waals surface area contributed by atoms with E-state index in [2.05, 4.69) is 42.6 Å². The van der Waals surface area contributed by atoms with Gasteiger partial charge in [0.05, 0.1) is 0 Å². The molecule has 120 valence electrons. The Morgan fingerprint density at radius 2 is 1.95 bits per heavy atom. The van der Waals surface area contributed by atoms with E-state index in [4.69, 9.17) is 10.5 Å². The Kier molecular flexibility index (Phi) is 4.44. The standard InChI is InChI=1S/C19H28N2O/c1-19(11-6-3-7-12-19)17-14-8-4-5-9-16(14)21-18(22-2)15(17)10-13-20/h4-5,8-10,13,15,17-18,21H,3,6-7,11-12,20H2,1-2H3/b13-10-/t15-,17-,18-/m0/s1. The molecular weight excluding hydrogens is 272 g/mol. The van der Waals surface area contributed by atoms with E-state index in [1.165, 1.54) is 43.4 Å². The second-order valence-corrected chi connectivity index (χ2v) is 7.04. The first-order valence-electron chi connectivity index (χ1n) is 8.46. The molecule has 2 aliphatic rings. The number of hydrogen-bond donors (Lipinski definition) is 2. The summed E-state index contributed by atoms with van der Waals surface area (Å²) in [6.07, 6.45) is 10.4. The van der Waals surface area contributed by atoms with Crippen molar-refractivity contribution in [3.8, 4) is 0 Å². The Balaban J connectivity index is 2.08. The van der Waals surface area contributed by atoms with Gasteiger partial charge in [-0.25, -0.2) is 0 Å². The Labute approximate surface area is 133 Å². The molecule has 3 atom stereocenters. The van der Waals surface area contributed by atoms with E-state index in [0.717, 1.165) is 0 Å². The van der Waals surface area contributed by atoms with Crippen LogP contribution in [0.15, 0.2) is 36.5 Å². The molecule has 3 nitrogen and oxygen atoms in total. The van der Waals surface area contributed by atoms with Crippen molar-refractivity contribution in [1.29, 1.82) is 0 Å². The summed E-state index contributed by atoms with van der Waals surface area (Å²) in [5.74, 6) is 0.725. The van der Waals surface area contributed by atoms with Gasteiger partial charge in [-0.1, -0.05) is 50.5 Å². The Morgan fingerprint density at radius 1 is 1.23 bits per heavy atom. The fourth-order valence-corrected chi connectivity index (χ4v) is 4.60. The van der Waals surface area contributed by atoms with Crippen LogP contribution in [0.2, 0.25) is 0 Å². The number of methoxy groups -OCH3 is 1. The van der Waals surface area contributed by atoms with Gasteiger partial charge in [0, 0.05) is 24.6 Å². The van der Waals surface area contributed by atoms with Crippen LogP contribution in [0.25, 0.3) is 0 Å². The minimum atomic E-state index is -0.0153. The number of rotatable bonds is 3. The number of nitrogens with one attached hydrogen (secondary N) is 1. The number of ether oxygens (including phenoxy) is 1. The molecule has 0 radical (unpaired) electrons. The first-order chi connectivity index (χ1) is 10.7. The molecule has 0 bridgehead atoms. The number of hydrogen-bond acceptors (Lipinski definition) is 3. The summed E-state index contributed by atoms with van der Waals surface area (Å²) < 4.78 is 5.76. The minimum Gasteiger partial charge on any atom is -0.405 e. The molecule has 1 heterocycles. The summed E-state index contributed by atoms with van der Waals surface area (Å²) in [4.78, 5) is 0. The largest absolute Gasteiger partial charge is 0.405 e. The molecule has 3 heteroatoms. The van der Waals surface area contributed by atoms with Crippen molar-refractivity contribution in [3.05, 3.63) is 42.1 Å². The lowest BCUT2D eigenvalue weighted by Crippen LogP contribution is -2.45. The molecule has 1 aliphatic carbocycles. The Bertz CT molecular complexity index is 534. The first-order valence-corrected chi connectivity index (χ1v) is 8.46. The van der Waals surface area contributed by atoms with Crippen LogP contribution in [0.3, 0.4) is 0 Å². The molecule has 0 saturated heterocycles. The molecule has 1 saturated carbocycles. The summed E-state index contributed by atoms with van der Waals surface area (Å²) >= 11 is 0. The van der Waals surface area contributed by atoms with E-state index in [-0.39, 0.29) is 12.1 Å². The molecule has 0 aromatic heterocycles. The van der Waals surface area contributed by atoms with Crippen LogP contribution in [0.4, 0.5) is 5.69 Å². The van der Waals surface area contributed by atoms with E-state index in [1.807, 2.05) is 0 Å². The lowest BCUT2D eigenvalue weighted by atomic mass is 9.59. The van der Waals surface area contributed by atoms with Gasteiger partial charge in [-0.2, -0.15) is 0 Å². The molecule has 1 aromatic rings. The van der Waals surface area contributed by atoms with Crippen LogP contribution in [0, 0.1) is 11.3 Å². The average Bonchev–Trinajstić information content (AvgIpc) is 2.54. The number of fused-ring (bicyclic) bond motifs is 1. The molecule has 1 fully saturated rings. The van der Waals surface area contributed by atoms with Crippen molar-refractivity contribution in [2.45, 2.75) is 51.2 Å². The lowest BCUT2D eigenvalue weighted by Gasteiger charge is -2.49. The highest BCUT2D eigenvalue weighted by atomic mass is 16.5. The van der Waals surface area contributed by atoms with Gasteiger partial charge >= 0.3 is 0 Å². The molecule has 0 spiro atoms. The van der Waals surface area contributed by atoms with Crippen molar-refractivity contribution in [1.82, 2.24) is 0 Å². The molecule has 1 aliphatic heterocycles. The zero-order valence-electron chi connectivity index (χ0n) is 13.7. The SMILES string of the molecule is CO[C@@H]1Nc2ccccc2[C@H](C2(C)CCCCC2)[C@@H]1/C=C\N. The van der Waals surface area contributed by atoms with Gasteiger partial charge in [0.2, 0.25) is 0 Å². The van der Waals surface area contributed by atoms with Gasteiger partial charge in [0.15, 0.2) is 0 Å². The van der Waals surface area contributed by atoms with Crippen molar-refractivity contribution < 1.29 is 4.74 Å². The summed E-state index contributed by atoms with van der Waals surface area (Å²) in [5.41, 5.74) is 8.72. The second-order valence-electron chi connectivity index (χ2n) is 7.04.